The topological polar surface area (TPSA) is 61.8 Å². The van der Waals surface area contributed by atoms with Crippen molar-refractivity contribution >= 4 is 11.0 Å². The molecule has 1 atom stereocenters. The van der Waals surface area contributed by atoms with Crippen molar-refractivity contribution in [2.24, 2.45) is 0 Å². The second-order valence-corrected chi connectivity index (χ2v) is 6.81. The molecule has 0 spiro atoms. The first-order valence-electron chi connectivity index (χ1n) is 8.70. The highest BCUT2D eigenvalue weighted by Crippen LogP contribution is 2.33. The summed E-state index contributed by atoms with van der Waals surface area (Å²) in [6.45, 7) is 4.13. The maximum atomic E-state index is 11.8. The Balaban J connectivity index is 1.88. The van der Waals surface area contributed by atoms with E-state index in [1.54, 1.807) is 12.4 Å². The summed E-state index contributed by atoms with van der Waals surface area (Å²) in [5, 5.41) is 11.8. The zero-order valence-corrected chi connectivity index (χ0v) is 14.9. The zero-order chi connectivity index (χ0) is 18.1. The van der Waals surface area contributed by atoms with Crippen LogP contribution >= 0.6 is 0 Å². The molecule has 1 unspecified atom stereocenters. The van der Waals surface area contributed by atoms with Gasteiger partial charge in [0, 0.05) is 18.8 Å². The summed E-state index contributed by atoms with van der Waals surface area (Å²) >= 11 is 0. The van der Waals surface area contributed by atoms with Crippen molar-refractivity contribution in [1.29, 1.82) is 0 Å². The Morgan fingerprint density at radius 2 is 1.77 bits per heavy atom. The molecular formula is C22H21N3O. The van der Waals surface area contributed by atoms with Gasteiger partial charge in [0.1, 0.15) is 5.82 Å². The van der Waals surface area contributed by atoms with Crippen LogP contribution < -0.4 is 0 Å². The van der Waals surface area contributed by atoms with E-state index in [1.165, 1.54) is 5.56 Å². The number of fused-ring (bicyclic) bond motifs is 1. The molecule has 0 saturated heterocycles. The van der Waals surface area contributed by atoms with Gasteiger partial charge in [-0.1, -0.05) is 35.9 Å². The van der Waals surface area contributed by atoms with Crippen molar-refractivity contribution in [3.05, 3.63) is 95.1 Å². The fourth-order valence-corrected chi connectivity index (χ4v) is 3.37. The Morgan fingerprint density at radius 1 is 1.00 bits per heavy atom. The Kier molecular flexibility index (Phi) is 4.05. The molecule has 2 heterocycles. The maximum Gasteiger partial charge on any atom is 0.151 e. The molecule has 4 nitrogen and oxygen atoms in total. The largest absolute Gasteiger partial charge is 0.377 e. The molecule has 4 rings (SSSR count). The van der Waals surface area contributed by atoms with Gasteiger partial charge in [0.2, 0.25) is 0 Å². The minimum absolute atomic E-state index is 0.435. The number of nitrogens with zero attached hydrogens (tertiary/aromatic N) is 2. The van der Waals surface area contributed by atoms with Crippen molar-refractivity contribution in [2.75, 3.05) is 0 Å². The van der Waals surface area contributed by atoms with Crippen LogP contribution in [0.5, 0.6) is 0 Å². The Labute approximate surface area is 152 Å². The Morgan fingerprint density at radius 3 is 2.54 bits per heavy atom. The van der Waals surface area contributed by atoms with E-state index in [4.69, 9.17) is 0 Å². The van der Waals surface area contributed by atoms with Gasteiger partial charge in [-0.15, -0.1) is 0 Å². The lowest BCUT2D eigenvalue weighted by Crippen LogP contribution is -2.32. The normalized spacial score (nSPS) is 13.7. The lowest BCUT2D eigenvalue weighted by molar-refractivity contribution is 0.0724. The molecule has 2 aromatic heterocycles. The monoisotopic (exact) mass is 343 g/mol. The summed E-state index contributed by atoms with van der Waals surface area (Å²) in [7, 11) is 0. The molecule has 4 heteroatoms. The predicted molar refractivity (Wildman–Crippen MR) is 103 cm³/mol. The number of benzene rings is 2. The van der Waals surface area contributed by atoms with Gasteiger partial charge in [0.05, 0.1) is 11.0 Å². The molecule has 2 N–H and O–H groups in total. The molecule has 2 aromatic carbocycles. The molecule has 4 aromatic rings. The predicted octanol–water partition coefficient (Wildman–Crippen LogP) is 4.05. The molecule has 0 saturated carbocycles. The molecule has 0 bridgehead atoms. The van der Waals surface area contributed by atoms with Crippen LogP contribution in [-0.4, -0.2) is 20.1 Å². The summed E-state index contributed by atoms with van der Waals surface area (Å²) < 4.78 is 0. The molecule has 0 aliphatic carbocycles. The van der Waals surface area contributed by atoms with E-state index in [1.807, 2.05) is 36.4 Å². The minimum atomic E-state index is -1.26. The van der Waals surface area contributed by atoms with Gasteiger partial charge in [0.25, 0.3) is 0 Å². The van der Waals surface area contributed by atoms with E-state index in [9.17, 15) is 5.11 Å². The van der Waals surface area contributed by atoms with E-state index in [-0.39, 0.29) is 0 Å². The van der Waals surface area contributed by atoms with Crippen molar-refractivity contribution in [1.82, 2.24) is 15.0 Å². The quantitative estimate of drug-likeness (QED) is 0.587. The molecule has 0 fully saturated rings. The van der Waals surface area contributed by atoms with E-state index < -0.39 is 5.60 Å². The van der Waals surface area contributed by atoms with E-state index in [0.717, 1.165) is 27.7 Å². The van der Waals surface area contributed by atoms with E-state index in [2.05, 4.69) is 47.0 Å². The molecular weight excluding hydrogens is 322 g/mol. The number of imidazole rings is 1. The number of aliphatic hydroxyl groups is 1. The highest BCUT2D eigenvalue weighted by molar-refractivity contribution is 5.75. The number of H-pyrrole nitrogens is 1. The summed E-state index contributed by atoms with van der Waals surface area (Å²) in [5.74, 6) is 0.547. The summed E-state index contributed by atoms with van der Waals surface area (Å²) in [6, 6.07) is 17.8. The van der Waals surface area contributed by atoms with Crippen LogP contribution in [0.2, 0.25) is 0 Å². The lowest BCUT2D eigenvalue weighted by atomic mass is 9.85. The van der Waals surface area contributed by atoms with Crippen LogP contribution in [0, 0.1) is 13.8 Å². The number of aromatic amines is 1. The van der Waals surface area contributed by atoms with Gasteiger partial charge in [0.15, 0.2) is 5.60 Å². The Hall–Kier alpha value is -2.98. The second kappa shape index (κ2) is 6.39. The number of rotatable bonds is 4. The van der Waals surface area contributed by atoms with Gasteiger partial charge in [-0.05, 0) is 54.8 Å². The number of pyridine rings is 1. The maximum absolute atomic E-state index is 11.8. The highest BCUT2D eigenvalue weighted by atomic mass is 16.3. The van der Waals surface area contributed by atoms with Gasteiger partial charge < -0.3 is 10.1 Å². The number of nitrogens with one attached hydrogen (secondary N) is 1. The summed E-state index contributed by atoms with van der Waals surface area (Å²) in [4.78, 5) is 12.1. The first-order chi connectivity index (χ1) is 12.6. The number of aromatic nitrogens is 3. The summed E-state index contributed by atoms with van der Waals surface area (Å²) in [5.41, 5.74) is 4.69. The van der Waals surface area contributed by atoms with Crippen molar-refractivity contribution in [3.8, 4) is 0 Å². The molecule has 0 radical (unpaired) electrons. The van der Waals surface area contributed by atoms with E-state index >= 15 is 0 Å². The first-order valence-corrected chi connectivity index (χ1v) is 8.70. The standard InChI is InChI=1S/C22H21N3O/c1-15-7-8-16(2)17(13-15)14-22(26,18-9-11-23-12-10-18)21-24-19-5-3-4-6-20(19)25-21/h3-13,26H,14H2,1-2H3,(H,24,25). The molecule has 26 heavy (non-hydrogen) atoms. The van der Waals surface area contributed by atoms with Crippen LogP contribution in [0.1, 0.15) is 28.1 Å². The third-order valence-corrected chi connectivity index (χ3v) is 4.89. The highest BCUT2D eigenvalue weighted by Gasteiger charge is 2.35. The molecule has 0 aliphatic heterocycles. The van der Waals surface area contributed by atoms with E-state index in [0.29, 0.717) is 12.2 Å². The molecule has 130 valence electrons. The lowest BCUT2D eigenvalue weighted by Gasteiger charge is -2.27. The van der Waals surface area contributed by atoms with Crippen LogP contribution in [0.25, 0.3) is 11.0 Å². The van der Waals surface area contributed by atoms with Gasteiger partial charge >= 0.3 is 0 Å². The second-order valence-electron chi connectivity index (χ2n) is 6.81. The smallest absolute Gasteiger partial charge is 0.151 e. The van der Waals surface area contributed by atoms with Gasteiger partial charge in [-0.25, -0.2) is 4.98 Å². The number of hydrogen-bond acceptors (Lipinski definition) is 3. The number of para-hydroxylation sites is 2. The first kappa shape index (κ1) is 16.5. The number of hydrogen-bond donors (Lipinski definition) is 2. The van der Waals surface area contributed by atoms with Crippen LogP contribution in [0.4, 0.5) is 0 Å². The average molecular weight is 343 g/mol. The van der Waals surface area contributed by atoms with Crippen LogP contribution in [0.3, 0.4) is 0 Å². The minimum Gasteiger partial charge on any atom is -0.377 e. The molecule has 0 aliphatic rings. The molecule has 0 amide bonds. The van der Waals surface area contributed by atoms with Gasteiger partial charge in [-0.3, -0.25) is 4.98 Å². The third kappa shape index (κ3) is 2.89. The fourth-order valence-electron chi connectivity index (χ4n) is 3.37. The zero-order valence-electron chi connectivity index (χ0n) is 14.9. The van der Waals surface area contributed by atoms with Crippen LogP contribution in [0.15, 0.2) is 67.0 Å². The SMILES string of the molecule is Cc1ccc(C)c(CC(O)(c2ccncc2)c2nc3ccccc3[nH]2)c1. The van der Waals surface area contributed by atoms with Gasteiger partial charge in [-0.2, -0.15) is 0 Å². The van der Waals surface area contributed by atoms with Crippen molar-refractivity contribution < 1.29 is 5.11 Å². The summed E-state index contributed by atoms with van der Waals surface area (Å²) in [6.07, 6.45) is 3.84. The average Bonchev–Trinajstić information content (AvgIpc) is 3.10. The third-order valence-electron chi connectivity index (χ3n) is 4.89. The van der Waals surface area contributed by atoms with Crippen LogP contribution in [-0.2, 0) is 12.0 Å². The Bertz CT molecular complexity index is 1020. The van der Waals surface area contributed by atoms with Crippen molar-refractivity contribution in [2.45, 2.75) is 25.9 Å². The fraction of sp³-hybridized carbons (Fsp3) is 0.182. The van der Waals surface area contributed by atoms with Crippen molar-refractivity contribution in [3.63, 3.8) is 0 Å². The number of aryl methyl sites for hydroxylation is 2.